The summed E-state index contributed by atoms with van der Waals surface area (Å²) in [5.74, 6) is 0. The fourth-order valence-corrected chi connectivity index (χ4v) is 9.05. The van der Waals surface area contributed by atoms with Gasteiger partial charge in [-0.05, 0) is 93.0 Å². The van der Waals surface area contributed by atoms with Crippen LogP contribution in [0.4, 0.5) is 17.1 Å². The van der Waals surface area contributed by atoms with Gasteiger partial charge >= 0.3 is 0 Å². The number of fused-ring (bicyclic) bond motifs is 9. The first-order valence-electron chi connectivity index (χ1n) is 15.5. The highest BCUT2D eigenvalue weighted by Crippen LogP contribution is 2.53. The third-order valence-electron chi connectivity index (χ3n) is 10.3. The van der Waals surface area contributed by atoms with Crippen LogP contribution in [0.1, 0.15) is 49.9 Å². The highest BCUT2D eigenvalue weighted by Gasteiger charge is 2.37. The molecule has 2 heteroatoms. The Morgan fingerprint density at radius 2 is 0.864 bits per heavy atom. The summed E-state index contributed by atoms with van der Waals surface area (Å²) in [5, 5.41) is 2.64. The molecular weight excluding hydrogens is 551 g/mol. The molecule has 0 fully saturated rings. The molecule has 1 aromatic heterocycles. The van der Waals surface area contributed by atoms with Gasteiger partial charge in [-0.2, -0.15) is 0 Å². The smallest absolute Gasteiger partial charge is 0.0468 e. The largest absolute Gasteiger partial charge is 0.310 e. The summed E-state index contributed by atoms with van der Waals surface area (Å²) in [6.07, 6.45) is 0. The lowest BCUT2D eigenvalue weighted by Crippen LogP contribution is -2.18. The van der Waals surface area contributed by atoms with Gasteiger partial charge in [0.15, 0.2) is 0 Å². The summed E-state index contributed by atoms with van der Waals surface area (Å²) < 4.78 is 2.66. The molecule has 0 spiro atoms. The molecule has 2 aliphatic carbocycles. The standard InChI is InChI=1S/C42H33NS/c1-41(2)35-14-8-5-11-29(35)31-20-17-27(24-37(31)41)43(26-19-22-40-34(23-26)33-13-7-10-16-39(33)44-40)28-18-21-32-30-12-6-9-15-36(30)42(3,4)38(32)25-28/h5-25H,1-4H3. The maximum Gasteiger partial charge on any atom is 0.0468 e. The summed E-state index contributed by atoms with van der Waals surface area (Å²) >= 11 is 1.87. The Kier molecular flexibility index (Phi) is 5.24. The van der Waals surface area contributed by atoms with Crippen LogP contribution in [0.2, 0.25) is 0 Å². The van der Waals surface area contributed by atoms with E-state index >= 15 is 0 Å². The van der Waals surface area contributed by atoms with Crippen molar-refractivity contribution in [2.75, 3.05) is 4.90 Å². The third kappa shape index (κ3) is 3.46. The van der Waals surface area contributed by atoms with Gasteiger partial charge < -0.3 is 4.90 Å². The van der Waals surface area contributed by atoms with Crippen molar-refractivity contribution in [3.63, 3.8) is 0 Å². The Morgan fingerprint density at radius 3 is 1.48 bits per heavy atom. The first kappa shape index (κ1) is 25.8. The average Bonchev–Trinajstić information content (AvgIpc) is 3.61. The summed E-state index contributed by atoms with van der Waals surface area (Å²) in [7, 11) is 0. The number of hydrogen-bond donors (Lipinski definition) is 0. The Balaban J connectivity index is 1.28. The van der Waals surface area contributed by atoms with Gasteiger partial charge in [0.05, 0.1) is 0 Å². The van der Waals surface area contributed by atoms with Crippen molar-refractivity contribution in [2.24, 2.45) is 0 Å². The van der Waals surface area contributed by atoms with Gasteiger partial charge in [-0.25, -0.2) is 0 Å². The van der Waals surface area contributed by atoms with Crippen LogP contribution >= 0.6 is 11.3 Å². The minimum Gasteiger partial charge on any atom is -0.310 e. The molecule has 0 amide bonds. The van der Waals surface area contributed by atoms with Crippen molar-refractivity contribution >= 4 is 48.6 Å². The highest BCUT2D eigenvalue weighted by molar-refractivity contribution is 7.25. The van der Waals surface area contributed by atoms with Crippen LogP contribution in [0.15, 0.2) is 127 Å². The van der Waals surface area contributed by atoms with E-state index < -0.39 is 0 Å². The number of rotatable bonds is 3. The SMILES string of the molecule is CC1(C)c2ccccc2-c2ccc(N(c3ccc4c(c3)C(C)(C)c3ccccc3-4)c3ccc4sc5ccccc5c4c3)cc21. The molecule has 0 saturated carbocycles. The maximum atomic E-state index is 2.48. The van der Waals surface area contributed by atoms with Crippen LogP contribution in [-0.2, 0) is 10.8 Å². The molecule has 212 valence electrons. The van der Waals surface area contributed by atoms with Crippen LogP contribution in [0.3, 0.4) is 0 Å². The topological polar surface area (TPSA) is 3.24 Å². The molecule has 44 heavy (non-hydrogen) atoms. The highest BCUT2D eigenvalue weighted by atomic mass is 32.1. The van der Waals surface area contributed by atoms with E-state index in [2.05, 4.69) is 160 Å². The van der Waals surface area contributed by atoms with E-state index in [-0.39, 0.29) is 10.8 Å². The number of hydrogen-bond acceptors (Lipinski definition) is 2. The van der Waals surface area contributed by atoms with Crippen molar-refractivity contribution in [3.05, 3.63) is 150 Å². The van der Waals surface area contributed by atoms with E-state index in [1.807, 2.05) is 11.3 Å². The van der Waals surface area contributed by atoms with Gasteiger partial charge in [0.25, 0.3) is 0 Å². The number of benzene rings is 6. The van der Waals surface area contributed by atoms with Crippen molar-refractivity contribution in [1.29, 1.82) is 0 Å². The molecule has 1 heterocycles. The molecular formula is C42H33NS. The lowest BCUT2D eigenvalue weighted by Gasteiger charge is -2.30. The Labute approximate surface area is 263 Å². The monoisotopic (exact) mass is 583 g/mol. The van der Waals surface area contributed by atoms with E-state index in [0.29, 0.717) is 0 Å². The Morgan fingerprint density at radius 1 is 0.409 bits per heavy atom. The second-order valence-corrected chi connectivity index (χ2v) is 14.5. The molecule has 0 atom stereocenters. The fourth-order valence-electron chi connectivity index (χ4n) is 7.96. The van der Waals surface area contributed by atoms with Gasteiger partial charge in [0, 0.05) is 48.1 Å². The predicted octanol–water partition coefficient (Wildman–Crippen LogP) is 12.1. The summed E-state index contributed by atoms with van der Waals surface area (Å²) in [6, 6.07) is 47.8. The molecule has 6 aromatic carbocycles. The van der Waals surface area contributed by atoms with Crippen LogP contribution in [-0.4, -0.2) is 0 Å². The lowest BCUT2D eigenvalue weighted by molar-refractivity contribution is 0.660. The molecule has 9 rings (SSSR count). The molecule has 0 aliphatic heterocycles. The molecule has 1 nitrogen and oxygen atoms in total. The average molecular weight is 584 g/mol. The minimum absolute atomic E-state index is 0.0668. The zero-order valence-electron chi connectivity index (χ0n) is 25.5. The molecule has 0 radical (unpaired) electrons. The van der Waals surface area contributed by atoms with E-state index in [0.717, 1.165) is 0 Å². The van der Waals surface area contributed by atoms with Crippen molar-refractivity contribution in [2.45, 2.75) is 38.5 Å². The van der Waals surface area contributed by atoms with Crippen LogP contribution < -0.4 is 4.90 Å². The zero-order valence-corrected chi connectivity index (χ0v) is 26.3. The van der Waals surface area contributed by atoms with Crippen LogP contribution in [0.5, 0.6) is 0 Å². The summed E-state index contributed by atoms with van der Waals surface area (Å²) in [6.45, 7) is 9.46. The van der Waals surface area contributed by atoms with Crippen LogP contribution in [0, 0.1) is 0 Å². The van der Waals surface area contributed by atoms with Crippen molar-refractivity contribution < 1.29 is 0 Å². The maximum absolute atomic E-state index is 2.48. The molecule has 2 aliphatic rings. The van der Waals surface area contributed by atoms with E-state index in [1.54, 1.807) is 0 Å². The predicted molar refractivity (Wildman–Crippen MR) is 189 cm³/mol. The van der Waals surface area contributed by atoms with Gasteiger partial charge in [-0.15, -0.1) is 11.3 Å². The third-order valence-corrected chi connectivity index (χ3v) is 11.4. The summed E-state index contributed by atoms with van der Waals surface area (Å²) in [4.78, 5) is 2.48. The summed E-state index contributed by atoms with van der Waals surface area (Å²) in [5.41, 5.74) is 14.4. The van der Waals surface area contributed by atoms with Crippen molar-refractivity contribution in [3.8, 4) is 22.3 Å². The van der Waals surface area contributed by atoms with E-state index in [1.165, 1.54) is 81.7 Å². The van der Waals surface area contributed by atoms with E-state index in [9.17, 15) is 0 Å². The van der Waals surface area contributed by atoms with Gasteiger partial charge in [-0.3, -0.25) is 0 Å². The lowest BCUT2D eigenvalue weighted by atomic mass is 9.82. The molecule has 0 unspecified atom stereocenters. The van der Waals surface area contributed by atoms with Gasteiger partial charge in [0.2, 0.25) is 0 Å². The van der Waals surface area contributed by atoms with Crippen molar-refractivity contribution in [1.82, 2.24) is 0 Å². The van der Waals surface area contributed by atoms with Crippen LogP contribution in [0.25, 0.3) is 42.4 Å². The number of nitrogens with zero attached hydrogens (tertiary/aromatic N) is 1. The molecule has 7 aromatic rings. The van der Waals surface area contributed by atoms with Gasteiger partial charge in [-0.1, -0.05) is 107 Å². The fraction of sp³-hybridized carbons (Fsp3) is 0.143. The first-order chi connectivity index (χ1) is 21.3. The Bertz CT molecular complexity index is 2190. The molecule has 0 N–H and O–H groups in total. The zero-order chi connectivity index (χ0) is 29.8. The van der Waals surface area contributed by atoms with E-state index in [4.69, 9.17) is 0 Å². The molecule has 0 saturated heterocycles. The second kappa shape index (κ2) is 8.94. The normalized spacial score (nSPS) is 15.2. The minimum atomic E-state index is -0.0668. The molecule has 0 bridgehead atoms. The number of anilines is 3. The second-order valence-electron chi connectivity index (χ2n) is 13.4. The van der Waals surface area contributed by atoms with Gasteiger partial charge in [0.1, 0.15) is 0 Å². The number of thiophene rings is 1. The first-order valence-corrected chi connectivity index (χ1v) is 16.3. The quantitative estimate of drug-likeness (QED) is 0.200. The Hall–Kier alpha value is -4.66.